The topological polar surface area (TPSA) is 100 Å². The standard InChI is InChI=1S/C27H22Cl2N2O6/c1-2-36-27(35)31-9-7-30(8-10-31)26(34)16-5-3-15(4-6-16)25-17-11-19(28)21(32)13-23(17)37-24-14-22(33)20(29)12-18(24)25/h3-6,11-14,32H,2,7-10H2,1H3. The van der Waals surface area contributed by atoms with E-state index in [1.54, 1.807) is 53.1 Å². The highest BCUT2D eigenvalue weighted by atomic mass is 35.5. The molecule has 2 heterocycles. The average Bonchev–Trinajstić information content (AvgIpc) is 2.89. The van der Waals surface area contributed by atoms with Gasteiger partial charge in [0, 0.05) is 60.4 Å². The zero-order valence-electron chi connectivity index (χ0n) is 19.8. The van der Waals surface area contributed by atoms with E-state index in [0.717, 1.165) is 5.56 Å². The van der Waals surface area contributed by atoms with Gasteiger partial charge in [-0.1, -0.05) is 35.3 Å². The molecule has 1 N–H and O–H groups in total. The molecule has 2 aromatic carbocycles. The number of hydrogen-bond donors (Lipinski definition) is 1. The summed E-state index contributed by atoms with van der Waals surface area (Å²) in [4.78, 5) is 40.5. The van der Waals surface area contributed by atoms with Crippen molar-refractivity contribution in [1.82, 2.24) is 9.80 Å². The Morgan fingerprint density at radius 2 is 1.65 bits per heavy atom. The number of rotatable bonds is 3. The maximum absolute atomic E-state index is 13.1. The van der Waals surface area contributed by atoms with Crippen LogP contribution < -0.4 is 5.43 Å². The van der Waals surface area contributed by atoms with E-state index in [9.17, 15) is 19.5 Å². The molecule has 0 spiro atoms. The summed E-state index contributed by atoms with van der Waals surface area (Å²) < 4.78 is 10.9. The third-order valence-electron chi connectivity index (χ3n) is 6.36. The molecule has 2 aromatic rings. The number of phenols is 1. The highest BCUT2D eigenvalue weighted by Crippen LogP contribution is 2.43. The predicted molar refractivity (Wildman–Crippen MR) is 141 cm³/mol. The highest BCUT2D eigenvalue weighted by Gasteiger charge is 2.26. The smallest absolute Gasteiger partial charge is 0.409 e. The van der Waals surface area contributed by atoms with E-state index in [0.29, 0.717) is 66.2 Å². The van der Waals surface area contributed by atoms with Gasteiger partial charge in [-0.3, -0.25) is 9.59 Å². The van der Waals surface area contributed by atoms with Crippen LogP contribution >= 0.6 is 23.2 Å². The Kier molecular flexibility index (Phi) is 6.70. The number of aromatic hydroxyl groups is 1. The molecule has 0 radical (unpaired) electrons. The van der Waals surface area contributed by atoms with Gasteiger partial charge in [-0.05, 0) is 36.8 Å². The number of hydrogen-bond acceptors (Lipinski definition) is 6. The van der Waals surface area contributed by atoms with Crippen LogP contribution in [0.25, 0.3) is 33.4 Å². The van der Waals surface area contributed by atoms with Gasteiger partial charge in [-0.25, -0.2) is 4.79 Å². The fraction of sp³-hybridized carbons (Fsp3) is 0.222. The number of fused-ring (bicyclic) bond motifs is 2. The molecular formula is C27H22Cl2N2O6. The number of ether oxygens (including phenoxy) is 1. The minimum absolute atomic E-state index is 0.0435. The number of carbonyl (C=O) groups excluding carboxylic acids is 2. The summed E-state index contributed by atoms with van der Waals surface area (Å²) in [5.41, 5.74) is 2.48. The molecule has 0 bridgehead atoms. The van der Waals surface area contributed by atoms with E-state index in [1.165, 1.54) is 12.1 Å². The highest BCUT2D eigenvalue weighted by molar-refractivity contribution is 6.33. The lowest BCUT2D eigenvalue weighted by molar-refractivity contribution is 0.0570. The first kappa shape index (κ1) is 24.9. The lowest BCUT2D eigenvalue weighted by Gasteiger charge is -2.34. The normalized spacial score (nSPS) is 13.8. The van der Waals surface area contributed by atoms with E-state index < -0.39 is 0 Å². The Balaban J connectivity index is 1.49. The van der Waals surface area contributed by atoms with Gasteiger partial charge in [-0.2, -0.15) is 0 Å². The second-order valence-electron chi connectivity index (χ2n) is 8.61. The van der Waals surface area contributed by atoms with Gasteiger partial charge in [0.15, 0.2) is 0 Å². The van der Waals surface area contributed by atoms with Crippen LogP contribution in [-0.2, 0) is 4.74 Å². The first-order valence-corrected chi connectivity index (χ1v) is 12.4. The molecule has 0 aromatic heterocycles. The molecule has 2 amide bonds. The van der Waals surface area contributed by atoms with Crippen molar-refractivity contribution in [1.29, 1.82) is 0 Å². The minimum Gasteiger partial charge on any atom is -0.506 e. The molecule has 3 aliphatic rings. The molecule has 0 saturated carbocycles. The minimum atomic E-state index is -0.384. The number of amides is 2. The van der Waals surface area contributed by atoms with Crippen molar-refractivity contribution in [3.05, 3.63) is 74.4 Å². The zero-order chi connectivity index (χ0) is 26.3. The molecule has 0 unspecified atom stereocenters. The fourth-order valence-corrected chi connectivity index (χ4v) is 4.81. The third-order valence-corrected chi connectivity index (χ3v) is 6.95. The number of halogens is 2. The van der Waals surface area contributed by atoms with E-state index >= 15 is 0 Å². The van der Waals surface area contributed by atoms with Crippen LogP contribution in [0.1, 0.15) is 17.3 Å². The Morgan fingerprint density at radius 3 is 2.32 bits per heavy atom. The van der Waals surface area contributed by atoms with Crippen LogP contribution in [0, 0.1) is 0 Å². The number of benzene rings is 3. The number of nitrogens with zero attached hydrogens (tertiary/aromatic N) is 2. The maximum Gasteiger partial charge on any atom is 0.409 e. The fourth-order valence-electron chi connectivity index (χ4n) is 4.48. The van der Waals surface area contributed by atoms with E-state index in [1.807, 2.05) is 0 Å². The third kappa shape index (κ3) is 4.70. The predicted octanol–water partition coefficient (Wildman–Crippen LogP) is 5.49. The Bertz CT molecular complexity index is 1540. The lowest BCUT2D eigenvalue weighted by Crippen LogP contribution is -2.50. The number of piperazine rings is 1. The van der Waals surface area contributed by atoms with Gasteiger partial charge in [0.25, 0.3) is 5.91 Å². The van der Waals surface area contributed by atoms with Crippen molar-refractivity contribution >= 4 is 46.2 Å². The Hall–Kier alpha value is -3.75. The largest absolute Gasteiger partial charge is 0.506 e. The first-order valence-electron chi connectivity index (χ1n) is 11.7. The summed E-state index contributed by atoms with van der Waals surface area (Å²) in [6.45, 7) is 3.70. The van der Waals surface area contributed by atoms with E-state index in [4.69, 9.17) is 32.4 Å². The summed E-state index contributed by atoms with van der Waals surface area (Å²) in [5.74, 6) is 0.0154. The average molecular weight is 541 g/mol. The summed E-state index contributed by atoms with van der Waals surface area (Å²) >= 11 is 12.4. The molecule has 0 atom stereocenters. The van der Waals surface area contributed by atoms with Crippen LogP contribution in [-0.4, -0.2) is 59.7 Å². The molecule has 1 saturated heterocycles. The summed E-state index contributed by atoms with van der Waals surface area (Å²) in [6.07, 6.45) is -0.370. The zero-order valence-corrected chi connectivity index (χ0v) is 21.3. The summed E-state index contributed by atoms with van der Waals surface area (Å²) in [5, 5.41) is 10.9. The van der Waals surface area contributed by atoms with Gasteiger partial charge in [-0.15, -0.1) is 0 Å². The van der Waals surface area contributed by atoms with Crippen LogP contribution in [0.5, 0.6) is 5.75 Å². The van der Waals surface area contributed by atoms with Gasteiger partial charge in [0.2, 0.25) is 5.43 Å². The second-order valence-corrected chi connectivity index (χ2v) is 9.43. The summed E-state index contributed by atoms with van der Waals surface area (Å²) in [7, 11) is 0. The molecule has 5 rings (SSSR count). The van der Waals surface area contributed by atoms with Crippen molar-refractivity contribution in [2.45, 2.75) is 6.92 Å². The molecule has 10 heteroatoms. The maximum atomic E-state index is 13.1. The van der Waals surface area contributed by atoms with Crippen LogP contribution in [0.3, 0.4) is 0 Å². The van der Waals surface area contributed by atoms with Gasteiger partial charge >= 0.3 is 6.09 Å². The molecule has 37 heavy (non-hydrogen) atoms. The first-order chi connectivity index (χ1) is 17.8. The van der Waals surface area contributed by atoms with Gasteiger partial charge in [0.05, 0.1) is 16.7 Å². The number of phenolic OH excluding ortho intramolecular Hbond substituents is 1. The van der Waals surface area contributed by atoms with Crippen LogP contribution in [0.2, 0.25) is 10.0 Å². The molecule has 8 nitrogen and oxygen atoms in total. The molecular weight excluding hydrogens is 519 g/mol. The Morgan fingerprint density at radius 1 is 0.973 bits per heavy atom. The van der Waals surface area contributed by atoms with Gasteiger partial charge in [0.1, 0.15) is 17.1 Å². The number of carbonyl (C=O) groups is 2. The van der Waals surface area contributed by atoms with Crippen molar-refractivity contribution in [2.24, 2.45) is 0 Å². The van der Waals surface area contributed by atoms with Crippen molar-refractivity contribution in [2.75, 3.05) is 32.8 Å². The van der Waals surface area contributed by atoms with Crippen molar-refractivity contribution in [3.8, 4) is 28.2 Å². The van der Waals surface area contributed by atoms with E-state index in [-0.39, 0.29) is 33.2 Å². The monoisotopic (exact) mass is 540 g/mol. The molecule has 1 fully saturated rings. The SMILES string of the molecule is CCOC(=O)N1CCN(C(=O)c2ccc(-c3c4cc(Cl)c(=O)cc-4oc4cc(O)c(Cl)cc34)cc2)CC1. The van der Waals surface area contributed by atoms with Crippen molar-refractivity contribution in [3.63, 3.8) is 0 Å². The quantitative estimate of drug-likeness (QED) is 0.345. The van der Waals surface area contributed by atoms with Crippen molar-refractivity contribution < 1.29 is 23.8 Å². The molecule has 1 aliphatic carbocycles. The van der Waals surface area contributed by atoms with Crippen LogP contribution in [0.4, 0.5) is 4.79 Å². The van der Waals surface area contributed by atoms with Crippen LogP contribution in [0.15, 0.2) is 57.7 Å². The lowest BCUT2D eigenvalue weighted by atomic mass is 9.93. The summed E-state index contributed by atoms with van der Waals surface area (Å²) in [6, 6.07) is 12.9. The Labute approximate surface area is 221 Å². The van der Waals surface area contributed by atoms with Gasteiger partial charge < -0.3 is 24.1 Å². The molecule has 2 aliphatic heterocycles. The molecule has 190 valence electrons. The van der Waals surface area contributed by atoms with E-state index in [2.05, 4.69) is 0 Å². The second kappa shape index (κ2) is 9.95.